The molecule has 0 spiro atoms. The predicted molar refractivity (Wildman–Crippen MR) is 109 cm³/mol. The van der Waals surface area contributed by atoms with Gasteiger partial charge in [-0.1, -0.05) is 27.7 Å². The molecule has 0 aliphatic carbocycles. The number of amides is 2. The Morgan fingerprint density at radius 2 is 2.04 bits per heavy atom. The monoisotopic (exact) mass is 392 g/mol. The van der Waals surface area contributed by atoms with Gasteiger partial charge in [-0.3, -0.25) is 9.59 Å². The maximum atomic E-state index is 13.2. The molecule has 0 radical (unpaired) electrons. The van der Waals surface area contributed by atoms with Crippen LogP contribution in [-0.2, 0) is 20.9 Å². The first-order chi connectivity index (χ1) is 13.2. The van der Waals surface area contributed by atoms with Gasteiger partial charge in [0.25, 0.3) is 0 Å². The molecule has 6 heteroatoms. The van der Waals surface area contributed by atoms with Crippen molar-refractivity contribution in [3.8, 4) is 0 Å². The summed E-state index contributed by atoms with van der Waals surface area (Å²) in [6, 6.07) is 3.71. The van der Waals surface area contributed by atoms with E-state index in [-0.39, 0.29) is 35.9 Å². The van der Waals surface area contributed by atoms with E-state index in [4.69, 9.17) is 9.15 Å². The molecular weight excluding hydrogens is 356 g/mol. The van der Waals surface area contributed by atoms with Crippen molar-refractivity contribution in [2.45, 2.75) is 79.0 Å². The maximum Gasteiger partial charge on any atom is 0.242 e. The van der Waals surface area contributed by atoms with Crippen molar-refractivity contribution in [2.24, 2.45) is 5.41 Å². The van der Waals surface area contributed by atoms with Crippen LogP contribution in [0.1, 0.15) is 66.1 Å². The largest absolute Gasteiger partial charge is 0.467 e. The molecule has 0 saturated carbocycles. The van der Waals surface area contributed by atoms with Gasteiger partial charge >= 0.3 is 0 Å². The minimum absolute atomic E-state index is 0.0204. The quantitative estimate of drug-likeness (QED) is 0.640. The summed E-state index contributed by atoms with van der Waals surface area (Å²) in [6.07, 6.45) is 4.89. The Morgan fingerprint density at radius 3 is 2.57 bits per heavy atom. The zero-order valence-electron chi connectivity index (χ0n) is 18.1. The second-order valence-corrected chi connectivity index (χ2v) is 9.00. The molecule has 6 nitrogen and oxygen atoms in total. The van der Waals surface area contributed by atoms with Gasteiger partial charge in [-0.25, -0.2) is 0 Å². The van der Waals surface area contributed by atoms with Crippen molar-refractivity contribution in [2.75, 3.05) is 19.7 Å². The van der Waals surface area contributed by atoms with E-state index in [1.54, 1.807) is 16.1 Å². The van der Waals surface area contributed by atoms with Gasteiger partial charge in [-0.15, -0.1) is 0 Å². The van der Waals surface area contributed by atoms with E-state index in [0.29, 0.717) is 19.5 Å². The van der Waals surface area contributed by atoms with Crippen LogP contribution in [0.2, 0.25) is 0 Å². The topological polar surface area (TPSA) is 63.0 Å². The lowest BCUT2D eigenvalue weighted by atomic mass is 9.91. The normalized spacial score (nSPS) is 18.1. The molecule has 1 aromatic heterocycles. The molecule has 1 aliphatic rings. The van der Waals surface area contributed by atoms with E-state index in [1.165, 1.54) is 0 Å². The van der Waals surface area contributed by atoms with E-state index in [2.05, 4.69) is 0 Å². The Bertz CT molecular complexity index is 615. The summed E-state index contributed by atoms with van der Waals surface area (Å²) in [4.78, 5) is 29.6. The van der Waals surface area contributed by atoms with E-state index >= 15 is 0 Å². The van der Waals surface area contributed by atoms with Crippen molar-refractivity contribution >= 4 is 11.8 Å². The number of rotatable bonds is 9. The molecule has 1 aliphatic heterocycles. The summed E-state index contributed by atoms with van der Waals surface area (Å²) in [5.74, 6) is 0.710. The number of carbonyl (C=O) groups is 2. The van der Waals surface area contributed by atoms with Crippen LogP contribution >= 0.6 is 0 Å². The van der Waals surface area contributed by atoms with Gasteiger partial charge < -0.3 is 19.0 Å². The van der Waals surface area contributed by atoms with Gasteiger partial charge in [-0.05, 0) is 43.7 Å². The molecule has 0 unspecified atom stereocenters. The molecular formula is C22H36N2O4. The smallest absolute Gasteiger partial charge is 0.242 e. The van der Waals surface area contributed by atoms with Gasteiger partial charge in [0, 0.05) is 25.6 Å². The average molecular weight is 393 g/mol. The van der Waals surface area contributed by atoms with Crippen LogP contribution in [0.15, 0.2) is 22.8 Å². The molecule has 1 fully saturated rings. The summed E-state index contributed by atoms with van der Waals surface area (Å²) in [6.45, 7) is 11.9. The zero-order chi connectivity index (χ0) is 20.7. The van der Waals surface area contributed by atoms with E-state index in [1.807, 2.05) is 46.8 Å². The number of hydrogen-bond acceptors (Lipinski definition) is 4. The van der Waals surface area contributed by atoms with Crippen LogP contribution in [-0.4, -0.2) is 53.5 Å². The third kappa shape index (κ3) is 6.97. The van der Waals surface area contributed by atoms with Crippen molar-refractivity contribution < 1.29 is 18.7 Å². The molecule has 0 aromatic carbocycles. The first kappa shape index (κ1) is 22.5. The van der Waals surface area contributed by atoms with E-state index in [0.717, 1.165) is 31.6 Å². The Morgan fingerprint density at radius 1 is 1.29 bits per heavy atom. The summed E-state index contributed by atoms with van der Waals surface area (Å²) in [5, 5.41) is 0. The highest BCUT2D eigenvalue weighted by Crippen LogP contribution is 2.22. The first-order valence-corrected chi connectivity index (χ1v) is 10.4. The fourth-order valence-electron chi connectivity index (χ4n) is 3.39. The molecule has 1 aromatic rings. The third-order valence-corrected chi connectivity index (χ3v) is 5.16. The van der Waals surface area contributed by atoms with Gasteiger partial charge in [0.1, 0.15) is 12.3 Å². The Hall–Kier alpha value is -1.82. The lowest BCUT2D eigenvalue weighted by Crippen LogP contribution is -2.48. The molecule has 2 atom stereocenters. The summed E-state index contributed by atoms with van der Waals surface area (Å²) in [7, 11) is 0. The van der Waals surface area contributed by atoms with Crippen LogP contribution < -0.4 is 0 Å². The van der Waals surface area contributed by atoms with Crippen molar-refractivity contribution in [3.05, 3.63) is 24.2 Å². The molecule has 158 valence electrons. The van der Waals surface area contributed by atoms with Gasteiger partial charge in [0.15, 0.2) is 0 Å². The van der Waals surface area contributed by atoms with Crippen molar-refractivity contribution in [1.82, 2.24) is 9.80 Å². The van der Waals surface area contributed by atoms with E-state index < -0.39 is 0 Å². The SMILES string of the molecule is CC[C@H](C)N(CC(=O)N(Cc1ccco1)C[C@@H]1CCCO1)C(=O)CC(C)(C)C. The second-order valence-electron chi connectivity index (χ2n) is 9.00. The van der Waals surface area contributed by atoms with Gasteiger partial charge in [0.05, 0.1) is 18.9 Å². The van der Waals surface area contributed by atoms with Gasteiger partial charge in [-0.2, -0.15) is 0 Å². The molecule has 2 rings (SSSR count). The minimum Gasteiger partial charge on any atom is -0.467 e. The maximum absolute atomic E-state index is 13.2. The summed E-state index contributed by atoms with van der Waals surface area (Å²) >= 11 is 0. The van der Waals surface area contributed by atoms with Crippen molar-refractivity contribution in [1.29, 1.82) is 0 Å². The lowest BCUT2D eigenvalue weighted by Gasteiger charge is -2.33. The lowest BCUT2D eigenvalue weighted by molar-refractivity contribution is -0.144. The van der Waals surface area contributed by atoms with Crippen LogP contribution in [0.3, 0.4) is 0 Å². The third-order valence-electron chi connectivity index (χ3n) is 5.16. The number of ether oxygens (including phenoxy) is 1. The summed E-state index contributed by atoms with van der Waals surface area (Å²) in [5.41, 5.74) is -0.114. The highest BCUT2D eigenvalue weighted by molar-refractivity contribution is 5.85. The molecule has 0 N–H and O–H groups in total. The Kier molecular flexibility index (Phi) is 8.10. The fourth-order valence-corrected chi connectivity index (χ4v) is 3.39. The fraction of sp³-hybridized carbons (Fsp3) is 0.727. The first-order valence-electron chi connectivity index (χ1n) is 10.4. The highest BCUT2D eigenvalue weighted by Gasteiger charge is 2.29. The zero-order valence-corrected chi connectivity index (χ0v) is 18.1. The predicted octanol–water partition coefficient (Wildman–Crippen LogP) is 3.85. The number of hydrogen-bond donors (Lipinski definition) is 0. The Labute approximate surface area is 169 Å². The van der Waals surface area contributed by atoms with Crippen LogP contribution in [0.4, 0.5) is 0 Å². The molecule has 28 heavy (non-hydrogen) atoms. The highest BCUT2D eigenvalue weighted by atomic mass is 16.5. The summed E-state index contributed by atoms with van der Waals surface area (Å²) < 4.78 is 11.2. The van der Waals surface area contributed by atoms with Gasteiger partial charge in [0.2, 0.25) is 11.8 Å². The molecule has 1 saturated heterocycles. The standard InChI is InChI=1S/C22H36N2O4/c1-6-17(2)24(20(25)13-22(3,4)5)16-21(26)23(14-18-9-7-11-27-18)15-19-10-8-12-28-19/h7,9,11,17,19H,6,8,10,12-16H2,1-5H3/t17-,19-/m0/s1. The second kappa shape index (κ2) is 10.1. The number of carbonyl (C=O) groups excluding carboxylic acids is 2. The minimum atomic E-state index is -0.114. The van der Waals surface area contributed by atoms with Crippen LogP contribution in [0, 0.1) is 5.41 Å². The number of furan rings is 1. The number of nitrogens with zero attached hydrogens (tertiary/aromatic N) is 2. The van der Waals surface area contributed by atoms with E-state index in [9.17, 15) is 9.59 Å². The van der Waals surface area contributed by atoms with Crippen LogP contribution in [0.5, 0.6) is 0 Å². The average Bonchev–Trinajstić information content (AvgIpc) is 3.30. The Balaban J connectivity index is 2.11. The van der Waals surface area contributed by atoms with Crippen molar-refractivity contribution in [3.63, 3.8) is 0 Å². The molecule has 0 bridgehead atoms. The molecule has 2 heterocycles. The van der Waals surface area contributed by atoms with Crippen LogP contribution in [0.25, 0.3) is 0 Å². The molecule has 2 amide bonds.